The molecule has 0 saturated heterocycles. The number of nitrogens with zero attached hydrogens (tertiary/aromatic N) is 2. The van der Waals surface area contributed by atoms with Crippen molar-refractivity contribution in [3.8, 4) is 11.5 Å². The van der Waals surface area contributed by atoms with E-state index in [1.165, 1.54) is 11.1 Å². The molecule has 4 rings (SSSR count). The highest BCUT2D eigenvalue weighted by molar-refractivity contribution is 6.03. The van der Waals surface area contributed by atoms with Gasteiger partial charge in [0.15, 0.2) is 11.5 Å². The monoisotopic (exact) mass is 378 g/mol. The maximum absolute atomic E-state index is 13.3. The van der Waals surface area contributed by atoms with Crippen molar-refractivity contribution < 1.29 is 14.3 Å². The van der Waals surface area contributed by atoms with E-state index in [0.29, 0.717) is 35.9 Å². The van der Waals surface area contributed by atoms with Crippen molar-refractivity contribution in [1.29, 1.82) is 0 Å². The first kappa shape index (κ1) is 18.5. The number of hydrogen-bond acceptors (Lipinski definition) is 4. The number of methoxy groups -OCH3 is 1. The van der Waals surface area contributed by atoms with Crippen molar-refractivity contribution in [1.82, 2.24) is 4.90 Å². The molecule has 0 N–H and O–H groups in total. The van der Waals surface area contributed by atoms with Gasteiger partial charge in [-0.15, -0.1) is 0 Å². The van der Waals surface area contributed by atoms with Gasteiger partial charge in [-0.2, -0.15) is 0 Å². The molecule has 0 spiro atoms. The Bertz CT molecular complexity index is 907. The van der Waals surface area contributed by atoms with Crippen LogP contribution in [0.1, 0.15) is 47.7 Å². The molecule has 1 amide bonds. The minimum absolute atomic E-state index is 0.0113. The highest BCUT2D eigenvalue weighted by atomic mass is 16.5. The molecule has 5 nitrogen and oxygen atoms in total. The van der Waals surface area contributed by atoms with E-state index in [9.17, 15) is 4.79 Å². The van der Waals surface area contributed by atoms with Gasteiger partial charge in [0, 0.05) is 18.8 Å². The average Bonchev–Trinajstić information content (AvgIpc) is 2.85. The van der Waals surface area contributed by atoms with Crippen LogP contribution in [0, 0.1) is 0 Å². The highest BCUT2D eigenvalue weighted by Gasteiger charge is 2.33. The van der Waals surface area contributed by atoms with E-state index in [1.54, 1.807) is 13.2 Å². The number of amides is 1. The predicted octanol–water partition coefficient (Wildman–Crippen LogP) is 4.55. The van der Waals surface area contributed by atoms with Crippen LogP contribution in [0.25, 0.3) is 0 Å². The number of unbranched alkanes of at least 4 members (excludes halogenated alkanes) is 2. The molecule has 28 heavy (non-hydrogen) atoms. The summed E-state index contributed by atoms with van der Waals surface area (Å²) in [5.41, 5.74) is 3.70. The van der Waals surface area contributed by atoms with Gasteiger partial charge in [-0.05, 0) is 30.0 Å². The predicted molar refractivity (Wildman–Crippen MR) is 110 cm³/mol. The van der Waals surface area contributed by atoms with Gasteiger partial charge in [0.25, 0.3) is 5.91 Å². The molecule has 0 bridgehead atoms. The van der Waals surface area contributed by atoms with Gasteiger partial charge in [-0.25, -0.2) is 0 Å². The summed E-state index contributed by atoms with van der Waals surface area (Å²) in [5, 5.41) is 0. The lowest BCUT2D eigenvalue weighted by Crippen LogP contribution is -2.44. The van der Waals surface area contributed by atoms with Crippen LogP contribution in [0.15, 0.2) is 41.4 Å². The van der Waals surface area contributed by atoms with Gasteiger partial charge in [0.1, 0.15) is 0 Å². The lowest BCUT2D eigenvalue weighted by atomic mass is 9.94. The number of benzene rings is 2. The summed E-state index contributed by atoms with van der Waals surface area (Å²) in [6.07, 6.45) is 5.95. The fourth-order valence-electron chi connectivity index (χ4n) is 3.86. The van der Waals surface area contributed by atoms with Crippen LogP contribution in [-0.2, 0) is 13.0 Å². The van der Waals surface area contributed by atoms with Crippen LogP contribution >= 0.6 is 0 Å². The number of carbonyl (C=O) groups excluding carboxylic acids is 1. The van der Waals surface area contributed by atoms with Crippen LogP contribution in [0.4, 0.5) is 5.69 Å². The Balaban J connectivity index is 1.64. The molecule has 5 heteroatoms. The van der Waals surface area contributed by atoms with Gasteiger partial charge in [0.2, 0.25) is 0 Å². The largest absolute Gasteiger partial charge is 0.493 e. The van der Waals surface area contributed by atoms with Crippen molar-refractivity contribution in [2.75, 3.05) is 13.7 Å². The molecule has 2 aliphatic rings. The molecule has 2 aromatic carbocycles. The number of ether oxygens (including phenoxy) is 2. The van der Waals surface area contributed by atoms with Crippen molar-refractivity contribution in [2.24, 2.45) is 4.99 Å². The maximum atomic E-state index is 13.3. The summed E-state index contributed by atoms with van der Waals surface area (Å²) in [4.78, 5) is 19.9. The smallest absolute Gasteiger partial charge is 0.257 e. The number of carbonyl (C=O) groups is 1. The van der Waals surface area contributed by atoms with Gasteiger partial charge in [-0.3, -0.25) is 9.79 Å². The third-order valence-electron chi connectivity index (χ3n) is 5.45. The Morgan fingerprint density at radius 1 is 1.14 bits per heavy atom. The minimum atomic E-state index is -0.0327. The van der Waals surface area contributed by atoms with Gasteiger partial charge in [0.05, 0.1) is 31.0 Å². The van der Waals surface area contributed by atoms with Gasteiger partial charge >= 0.3 is 0 Å². The van der Waals surface area contributed by atoms with E-state index in [1.807, 2.05) is 29.3 Å². The topological polar surface area (TPSA) is 51.1 Å². The molecule has 1 atom stereocenters. The van der Waals surface area contributed by atoms with Crippen LogP contribution in [0.3, 0.4) is 0 Å². The summed E-state index contributed by atoms with van der Waals surface area (Å²) in [6.45, 7) is 3.39. The molecule has 0 aliphatic carbocycles. The normalized spacial score (nSPS) is 17.4. The van der Waals surface area contributed by atoms with Crippen molar-refractivity contribution in [3.63, 3.8) is 0 Å². The van der Waals surface area contributed by atoms with Crippen LogP contribution in [0.2, 0.25) is 0 Å². The second-order valence-corrected chi connectivity index (χ2v) is 7.33. The Morgan fingerprint density at radius 3 is 2.75 bits per heavy atom. The quantitative estimate of drug-likeness (QED) is 0.693. The van der Waals surface area contributed by atoms with Crippen molar-refractivity contribution in [2.45, 2.75) is 45.2 Å². The van der Waals surface area contributed by atoms with E-state index in [2.05, 4.69) is 24.0 Å². The standard InChI is InChI=1S/C23H26N2O3/c1-3-4-7-10-28-22-13-20-19(12-21(22)27-2)23(26)25-15-17-9-6-5-8-16(17)11-18(25)14-24-20/h5-6,8-9,12-14,18H,3-4,7,10-11,15H2,1-2H3/t18-/m0/s1. The SMILES string of the molecule is CCCCCOc1cc2c(cc1OC)C(=O)N1Cc3ccccc3C[C@H]1C=N2. The van der Waals surface area contributed by atoms with Crippen molar-refractivity contribution in [3.05, 3.63) is 53.1 Å². The zero-order chi connectivity index (χ0) is 19.5. The third kappa shape index (κ3) is 3.49. The van der Waals surface area contributed by atoms with Crippen LogP contribution in [0.5, 0.6) is 11.5 Å². The first-order valence-corrected chi connectivity index (χ1v) is 9.98. The Kier molecular flexibility index (Phi) is 5.33. The molecular formula is C23H26N2O3. The summed E-state index contributed by atoms with van der Waals surface area (Å²) >= 11 is 0. The molecule has 2 heterocycles. The van der Waals surface area contributed by atoms with E-state index in [-0.39, 0.29) is 11.9 Å². The second kappa shape index (κ2) is 8.05. The zero-order valence-corrected chi connectivity index (χ0v) is 16.5. The van der Waals surface area contributed by atoms with Crippen LogP contribution < -0.4 is 9.47 Å². The molecular weight excluding hydrogens is 352 g/mol. The summed E-state index contributed by atoms with van der Waals surface area (Å²) in [6, 6.07) is 11.9. The average molecular weight is 378 g/mol. The lowest BCUT2D eigenvalue weighted by molar-refractivity contribution is 0.0703. The molecule has 0 aromatic heterocycles. The minimum Gasteiger partial charge on any atom is -0.493 e. The Labute approximate surface area is 166 Å². The lowest BCUT2D eigenvalue weighted by Gasteiger charge is -2.34. The van der Waals surface area contributed by atoms with E-state index in [0.717, 1.165) is 25.7 Å². The summed E-state index contributed by atoms with van der Waals surface area (Å²) in [7, 11) is 1.60. The molecule has 2 aliphatic heterocycles. The number of rotatable bonds is 6. The second-order valence-electron chi connectivity index (χ2n) is 7.33. The third-order valence-corrected chi connectivity index (χ3v) is 5.45. The van der Waals surface area contributed by atoms with Gasteiger partial charge in [-0.1, -0.05) is 44.0 Å². The molecule has 0 radical (unpaired) electrons. The molecule has 2 aromatic rings. The fourth-order valence-corrected chi connectivity index (χ4v) is 3.86. The van der Waals surface area contributed by atoms with E-state index >= 15 is 0 Å². The summed E-state index contributed by atoms with van der Waals surface area (Å²) in [5.74, 6) is 1.21. The number of aliphatic imine (C=N–C) groups is 1. The van der Waals surface area contributed by atoms with Crippen LogP contribution in [-0.4, -0.2) is 36.8 Å². The van der Waals surface area contributed by atoms with E-state index in [4.69, 9.17) is 9.47 Å². The first-order chi connectivity index (χ1) is 13.7. The summed E-state index contributed by atoms with van der Waals surface area (Å²) < 4.78 is 11.4. The number of hydrogen-bond donors (Lipinski definition) is 0. The Hall–Kier alpha value is -2.82. The fraction of sp³-hybridized carbons (Fsp3) is 0.391. The molecule has 0 unspecified atom stereocenters. The maximum Gasteiger partial charge on any atom is 0.257 e. The first-order valence-electron chi connectivity index (χ1n) is 9.98. The van der Waals surface area contributed by atoms with E-state index < -0.39 is 0 Å². The Morgan fingerprint density at radius 2 is 1.96 bits per heavy atom. The highest BCUT2D eigenvalue weighted by Crippen LogP contribution is 2.38. The zero-order valence-electron chi connectivity index (χ0n) is 16.5. The molecule has 0 saturated carbocycles. The molecule has 0 fully saturated rings. The van der Waals surface area contributed by atoms with Gasteiger partial charge < -0.3 is 14.4 Å². The van der Waals surface area contributed by atoms with Crippen molar-refractivity contribution >= 4 is 17.8 Å². The number of fused-ring (bicyclic) bond motifs is 3. The molecule has 146 valence electrons.